The summed E-state index contributed by atoms with van der Waals surface area (Å²) in [6.07, 6.45) is 4.70. The number of aryl methyl sites for hydroxylation is 1. The zero-order chi connectivity index (χ0) is 15.4. The zero-order valence-electron chi connectivity index (χ0n) is 10.8. The smallest absolute Gasteiger partial charge is 0.275 e. The van der Waals surface area contributed by atoms with Gasteiger partial charge in [-0.05, 0) is 6.07 Å². The zero-order valence-corrected chi connectivity index (χ0v) is 10.8. The molecule has 108 valence electrons. The second kappa shape index (κ2) is 5.77. The molecule has 1 N–H and O–H groups in total. The number of anilines is 1. The van der Waals surface area contributed by atoms with Gasteiger partial charge in [0.05, 0.1) is 28.3 Å². The van der Waals surface area contributed by atoms with Crippen molar-refractivity contribution < 1.29 is 9.85 Å². The quantitative estimate of drug-likeness (QED) is 0.506. The highest BCUT2D eigenvalue weighted by Gasteiger charge is 2.18. The molecule has 2 aromatic rings. The van der Waals surface area contributed by atoms with Gasteiger partial charge >= 0.3 is 5.69 Å². The Balaban J connectivity index is 2.21. The predicted octanol–water partition coefficient (Wildman–Crippen LogP) is 1.68. The molecule has 0 spiro atoms. The first kappa shape index (κ1) is 14.1. The minimum absolute atomic E-state index is 0.0609. The van der Waals surface area contributed by atoms with E-state index in [0.717, 1.165) is 12.1 Å². The fourth-order valence-electron chi connectivity index (χ4n) is 1.56. The summed E-state index contributed by atoms with van der Waals surface area (Å²) in [5, 5.41) is 29.3. The van der Waals surface area contributed by atoms with E-state index < -0.39 is 15.5 Å². The van der Waals surface area contributed by atoms with E-state index >= 15 is 0 Å². The van der Waals surface area contributed by atoms with Crippen molar-refractivity contribution in [3.05, 3.63) is 56.4 Å². The molecular formula is C11H10N6O4. The number of aromatic nitrogens is 2. The summed E-state index contributed by atoms with van der Waals surface area (Å²) in [5.41, 5.74) is 2.47. The second-order valence-corrected chi connectivity index (χ2v) is 4.03. The molecule has 2 rings (SSSR count). The molecule has 0 atom stereocenters. The molecule has 0 aliphatic heterocycles. The van der Waals surface area contributed by atoms with E-state index in [4.69, 9.17) is 0 Å². The molecule has 21 heavy (non-hydrogen) atoms. The monoisotopic (exact) mass is 290 g/mol. The average molecular weight is 290 g/mol. The molecule has 0 saturated heterocycles. The first-order valence-corrected chi connectivity index (χ1v) is 5.68. The van der Waals surface area contributed by atoms with E-state index in [9.17, 15) is 20.2 Å². The Morgan fingerprint density at radius 1 is 1.33 bits per heavy atom. The Bertz CT molecular complexity index is 723. The minimum atomic E-state index is -0.713. The second-order valence-electron chi connectivity index (χ2n) is 4.03. The number of hydrogen-bond donors (Lipinski definition) is 1. The Labute approximate surface area is 118 Å². The van der Waals surface area contributed by atoms with Crippen LogP contribution in [0.3, 0.4) is 0 Å². The number of non-ortho nitro benzene ring substituents is 1. The van der Waals surface area contributed by atoms with Crippen molar-refractivity contribution in [3.63, 3.8) is 0 Å². The molecule has 0 aliphatic rings. The van der Waals surface area contributed by atoms with E-state index in [0.29, 0.717) is 5.56 Å². The largest absolute Gasteiger partial charge is 0.301 e. The maximum atomic E-state index is 10.9. The van der Waals surface area contributed by atoms with Crippen LogP contribution in [0.15, 0.2) is 35.7 Å². The van der Waals surface area contributed by atoms with E-state index in [1.165, 1.54) is 12.3 Å². The van der Waals surface area contributed by atoms with Gasteiger partial charge in [-0.3, -0.25) is 30.3 Å². The third-order valence-electron chi connectivity index (χ3n) is 2.51. The van der Waals surface area contributed by atoms with E-state index in [2.05, 4.69) is 15.6 Å². The first-order chi connectivity index (χ1) is 9.97. The van der Waals surface area contributed by atoms with E-state index in [1.807, 2.05) is 0 Å². The Hall–Kier alpha value is -3.30. The van der Waals surface area contributed by atoms with Crippen LogP contribution in [0.5, 0.6) is 0 Å². The van der Waals surface area contributed by atoms with Gasteiger partial charge in [0.25, 0.3) is 5.69 Å². The maximum Gasteiger partial charge on any atom is 0.301 e. The predicted molar refractivity (Wildman–Crippen MR) is 74.2 cm³/mol. The van der Waals surface area contributed by atoms with E-state index in [1.54, 1.807) is 24.1 Å². The summed E-state index contributed by atoms with van der Waals surface area (Å²) in [6, 6.07) is 3.27. The third-order valence-corrected chi connectivity index (χ3v) is 2.51. The Morgan fingerprint density at radius 2 is 2.10 bits per heavy atom. The summed E-state index contributed by atoms with van der Waals surface area (Å²) in [6.45, 7) is 0. The lowest BCUT2D eigenvalue weighted by Crippen LogP contribution is -1.98. The normalized spacial score (nSPS) is 10.7. The molecule has 0 saturated carbocycles. The van der Waals surface area contributed by atoms with Crippen LogP contribution in [0.4, 0.5) is 17.1 Å². The maximum absolute atomic E-state index is 10.9. The molecule has 1 aromatic carbocycles. The van der Waals surface area contributed by atoms with Crippen LogP contribution in [0.25, 0.3) is 0 Å². The van der Waals surface area contributed by atoms with Crippen LogP contribution >= 0.6 is 0 Å². The van der Waals surface area contributed by atoms with Gasteiger partial charge in [-0.1, -0.05) is 0 Å². The lowest BCUT2D eigenvalue weighted by atomic mass is 10.2. The molecule has 0 bridgehead atoms. The number of hydrogen-bond acceptors (Lipinski definition) is 7. The molecule has 0 radical (unpaired) electrons. The number of rotatable bonds is 5. The summed E-state index contributed by atoms with van der Waals surface area (Å²) < 4.78 is 1.58. The number of benzene rings is 1. The summed E-state index contributed by atoms with van der Waals surface area (Å²) in [7, 11) is 1.74. The highest BCUT2D eigenvalue weighted by atomic mass is 16.6. The fourth-order valence-corrected chi connectivity index (χ4v) is 1.56. The third kappa shape index (κ3) is 3.37. The minimum Gasteiger partial charge on any atom is -0.275 e. The van der Waals surface area contributed by atoms with E-state index in [-0.39, 0.29) is 11.4 Å². The van der Waals surface area contributed by atoms with Crippen LogP contribution in [-0.4, -0.2) is 25.8 Å². The Kier molecular flexibility index (Phi) is 3.88. The van der Waals surface area contributed by atoms with Gasteiger partial charge in [0.2, 0.25) is 0 Å². The van der Waals surface area contributed by atoms with Crippen molar-refractivity contribution in [2.75, 3.05) is 5.43 Å². The van der Waals surface area contributed by atoms with Crippen molar-refractivity contribution in [3.8, 4) is 0 Å². The number of hydrazone groups is 1. The summed E-state index contributed by atoms with van der Waals surface area (Å²) >= 11 is 0. The molecule has 10 heteroatoms. The summed E-state index contributed by atoms with van der Waals surface area (Å²) in [5.74, 6) is 0. The van der Waals surface area contributed by atoms with Crippen molar-refractivity contribution in [2.24, 2.45) is 12.1 Å². The highest BCUT2D eigenvalue weighted by molar-refractivity contribution is 5.79. The van der Waals surface area contributed by atoms with Crippen LogP contribution < -0.4 is 5.43 Å². The molecule has 0 fully saturated rings. The Morgan fingerprint density at radius 3 is 2.67 bits per heavy atom. The number of nitrogens with zero attached hydrogens (tertiary/aromatic N) is 5. The highest BCUT2D eigenvalue weighted by Crippen LogP contribution is 2.28. The van der Waals surface area contributed by atoms with Gasteiger partial charge in [-0.25, -0.2) is 0 Å². The molecule has 1 heterocycles. The number of nitro benzene ring substituents is 2. The lowest BCUT2D eigenvalue weighted by molar-refractivity contribution is -0.393. The molecule has 0 amide bonds. The molecule has 10 nitrogen and oxygen atoms in total. The SMILES string of the molecule is Cn1cc(C=NNc2ccc([N+](=O)[O-])cc2[N+](=O)[O-])cn1. The van der Waals surface area contributed by atoms with Gasteiger partial charge in [-0.2, -0.15) is 10.2 Å². The topological polar surface area (TPSA) is 128 Å². The standard InChI is InChI=1S/C11H10N6O4/c1-15-7-8(6-13-15)5-12-14-10-3-2-9(16(18)19)4-11(10)17(20)21/h2-7,14H,1H3. The molecule has 0 aliphatic carbocycles. The molecule has 0 unspecified atom stereocenters. The van der Waals surface area contributed by atoms with Crippen LogP contribution in [-0.2, 0) is 7.05 Å². The van der Waals surface area contributed by atoms with Crippen molar-refractivity contribution in [1.29, 1.82) is 0 Å². The van der Waals surface area contributed by atoms with Gasteiger partial charge in [-0.15, -0.1) is 0 Å². The first-order valence-electron chi connectivity index (χ1n) is 5.68. The number of nitrogens with one attached hydrogen (secondary N) is 1. The molecular weight excluding hydrogens is 280 g/mol. The van der Waals surface area contributed by atoms with Gasteiger partial charge in [0.15, 0.2) is 0 Å². The average Bonchev–Trinajstić information content (AvgIpc) is 2.84. The lowest BCUT2D eigenvalue weighted by Gasteiger charge is -2.01. The summed E-state index contributed by atoms with van der Waals surface area (Å²) in [4.78, 5) is 20.1. The van der Waals surface area contributed by atoms with Gasteiger partial charge in [0, 0.05) is 24.9 Å². The van der Waals surface area contributed by atoms with Crippen molar-refractivity contribution in [2.45, 2.75) is 0 Å². The van der Waals surface area contributed by atoms with Crippen LogP contribution in [0.2, 0.25) is 0 Å². The van der Waals surface area contributed by atoms with Crippen molar-refractivity contribution >= 4 is 23.3 Å². The fraction of sp³-hybridized carbons (Fsp3) is 0.0909. The van der Waals surface area contributed by atoms with Crippen molar-refractivity contribution in [1.82, 2.24) is 9.78 Å². The van der Waals surface area contributed by atoms with Gasteiger partial charge in [0.1, 0.15) is 5.69 Å². The molecule has 1 aromatic heterocycles. The van der Waals surface area contributed by atoms with Crippen LogP contribution in [0.1, 0.15) is 5.56 Å². The van der Waals surface area contributed by atoms with Gasteiger partial charge < -0.3 is 0 Å². The number of nitro groups is 2. The van der Waals surface area contributed by atoms with Crippen LogP contribution in [0, 0.1) is 20.2 Å².